The van der Waals surface area contributed by atoms with Crippen LogP contribution in [0.3, 0.4) is 0 Å². The molecule has 4 heteroatoms. The second kappa shape index (κ2) is 9.65. The second-order valence-corrected chi connectivity index (χ2v) is 7.08. The molecule has 0 saturated carbocycles. The molecule has 26 heavy (non-hydrogen) atoms. The van der Waals surface area contributed by atoms with E-state index in [4.69, 9.17) is 14.2 Å². The SMILES string of the molecule is CCCCCc1cc(OC)c([C@H]2C=C(C)CC[C@H]2C(=O)OC)c(OC)c1. The van der Waals surface area contributed by atoms with Crippen molar-refractivity contribution in [2.75, 3.05) is 21.3 Å². The number of benzene rings is 1. The largest absolute Gasteiger partial charge is 0.496 e. The first-order chi connectivity index (χ1) is 12.5. The maximum Gasteiger partial charge on any atom is 0.309 e. The van der Waals surface area contributed by atoms with Crippen LogP contribution in [0.15, 0.2) is 23.8 Å². The molecule has 144 valence electrons. The summed E-state index contributed by atoms with van der Waals surface area (Å²) in [5.41, 5.74) is 3.44. The van der Waals surface area contributed by atoms with Gasteiger partial charge in [-0.2, -0.15) is 0 Å². The van der Waals surface area contributed by atoms with Crippen LogP contribution in [-0.4, -0.2) is 27.3 Å². The summed E-state index contributed by atoms with van der Waals surface area (Å²) in [6.07, 6.45) is 8.42. The van der Waals surface area contributed by atoms with Crippen LogP contribution in [-0.2, 0) is 16.0 Å². The average Bonchev–Trinajstić information content (AvgIpc) is 2.66. The van der Waals surface area contributed by atoms with Crippen LogP contribution in [0.5, 0.6) is 11.5 Å². The molecule has 1 aromatic carbocycles. The Kier molecular flexibility index (Phi) is 7.55. The van der Waals surface area contributed by atoms with E-state index in [2.05, 4.69) is 32.1 Å². The lowest BCUT2D eigenvalue weighted by Crippen LogP contribution is -2.26. The van der Waals surface area contributed by atoms with Crippen molar-refractivity contribution in [1.82, 2.24) is 0 Å². The summed E-state index contributed by atoms with van der Waals surface area (Å²) in [6, 6.07) is 4.19. The fraction of sp³-hybridized carbons (Fsp3) is 0.591. The van der Waals surface area contributed by atoms with Crippen molar-refractivity contribution in [2.24, 2.45) is 5.92 Å². The molecule has 0 aromatic heterocycles. The molecule has 0 N–H and O–H groups in total. The van der Waals surface area contributed by atoms with E-state index < -0.39 is 0 Å². The molecule has 0 amide bonds. The summed E-state index contributed by atoms with van der Waals surface area (Å²) >= 11 is 0. The smallest absolute Gasteiger partial charge is 0.309 e. The van der Waals surface area contributed by atoms with Gasteiger partial charge >= 0.3 is 5.97 Å². The standard InChI is InChI=1S/C22H32O4/c1-6-7-8-9-16-13-19(24-3)21(20(14-16)25-4)18-12-15(2)10-11-17(18)22(23)26-5/h12-14,17-18H,6-11H2,1-5H3/t17-,18+/m1/s1. The normalized spacial score (nSPS) is 19.7. The molecule has 2 atom stereocenters. The molecule has 0 spiro atoms. The zero-order valence-electron chi connectivity index (χ0n) is 16.8. The minimum Gasteiger partial charge on any atom is -0.496 e. The number of ether oxygens (including phenoxy) is 3. The van der Waals surface area contributed by atoms with E-state index in [0.717, 1.165) is 42.7 Å². The number of methoxy groups -OCH3 is 3. The van der Waals surface area contributed by atoms with Gasteiger partial charge in [0.2, 0.25) is 0 Å². The summed E-state index contributed by atoms with van der Waals surface area (Å²) in [5, 5.41) is 0. The molecule has 1 aliphatic carbocycles. The maximum absolute atomic E-state index is 12.4. The summed E-state index contributed by atoms with van der Waals surface area (Å²) in [7, 11) is 4.82. The predicted molar refractivity (Wildman–Crippen MR) is 104 cm³/mol. The van der Waals surface area contributed by atoms with Gasteiger partial charge in [0.1, 0.15) is 11.5 Å². The highest BCUT2D eigenvalue weighted by molar-refractivity contribution is 5.75. The molecule has 0 unspecified atom stereocenters. The third-order valence-corrected chi connectivity index (χ3v) is 5.26. The average molecular weight is 360 g/mol. The number of carbonyl (C=O) groups is 1. The van der Waals surface area contributed by atoms with Crippen molar-refractivity contribution in [2.45, 2.75) is 58.3 Å². The summed E-state index contributed by atoms with van der Waals surface area (Å²) in [5.74, 6) is 1.11. The van der Waals surface area contributed by atoms with E-state index in [0.29, 0.717) is 0 Å². The van der Waals surface area contributed by atoms with Crippen molar-refractivity contribution >= 4 is 5.97 Å². The van der Waals surface area contributed by atoms with Crippen molar-refractivity contribution < 1.29 is 19.0 Å². The number of esters is 1. The minimum atomic E-state index is -0.211. The maximum atomic E-state index is 12.4. The van der Waals surface area contributed by atoms with E-state index in [9.17, 15) is 4.79 Å². The minimum absolute atomic E-state index is 0.0919. The molecular formula is C22H32O4. The molecule has 2 rings (SSSR count). The van der Waals surface area contributed by atoms with Crippen LogP contribution in [0.25, 0.3) is 0 Å². The van der Waals surface area contributed by atoms with Gasteiger partial charge in [0.25, 0.3) is 0 Å². The van der Waals surface area contributed by atoms with Gasteiger partial charge in [-0.25, -0.2) is 0 Å². The van der Waals surface area contributed by atoms with Crippen LogP contribution >= 0.6 is 0 Å². The number of rotatable bonds is 8. The Hall–Kier alpha value is -1.97. The lowest BCUT2D eigenvalue weighted by molar-refractivity contribution is -0.146. The van der Waals surface area contributed by atoms with Gasteiger partial charge in [-0.15, -0.1) is 0 Å². The number of hydrogen-bond acceptors (Lipinski definition) is 4. The van der Waals surface area contributed by atoms with E-state index >= 15 is 0 Å². The Morgan fingerprint density at radius 3 is 2.31 bits per heavy atom. The van der Waals surface area contributed by atoms with E-state index in [1.165, 1.54) is 31.1 Å². The highest BCUT2D eigenvalue weighted by atomic mass is 16.5. The number of allylic oxidation sites excluding steroid dienone is 2. The summed E-state index contributed by atoms with van der Waals surface area (Å²) in [6.45, 7) is 4.31. The van der Waals surface area contributed by atoms with Crippen molar-refractivity contribution in [3.8, 4) is 11.5 Å². The molecular weight excluding hydrogens is 328 g/mol. The van der Waals surface area contributed by atoms with Crippen LogP contribution in [0.2, 0.25) is 0 Å². The van der Waals surface area contributed by atoms with E-state index in [-0.39, 0.29) is 17.8 Å². The van der Waals surface area contributed by atoms with Gasteiger partial charge in [0, 0.05) is 11.5 Å². The quantitative estimate of drug-likeness (QED) is 0.370. The molecule has 0 radical (unpaired) electrons. The third kappa shape index (κ3) is 4.60. The zero-order chi connectivity index (χ0) is 19.1. The molecule has 1 aromatic rings. The highest BCUT2D eigenvalue weighted by Gasteiger charge is 2.35. The summed E-state index contributed by atoms with van der Waals surface area (Å²) in [4.78, 5) is 12.4. The van der Waals surface area contributed by atoms with Gasteiger partial charge < -0.3 is 14.2 Å². The van der Waals surface area contributed by atoms with Crippen molar-refractivity contribution in [3.05, 3.63) is 34.9 Å². The Balaban J connectivity index is 2.47. The Labute approximate surface area is 157 Å². The Bertz CT molecular complexity index is 623. The lowest BCUT2D eigenvalue weighted by atomic mass is 9.76. The first kappa shape index (κ1) is 20.3. The topological polar surface area (TPSA) is 44.8 Å². The zero-order valence-corrected chi connectivity index (χ0v) is 16.8. The van der Waals surface area contributed by atoms with Gasteiger partial charge in [-0.1, -0.05) is 31.4 Å². The molecule has 0 fully saturated rings. The Morgan fingerprint density at radius 2 is 1.77 bits per heavy atom. The monoisotopic (exact) mass is 360 g/mol. The third-order valence-electron chi connectivity index (χ3n) is 5.26. The first-order valence-electron chi connectivity index (χ1n) is 9.55. The number of aryl methyl sites for hydroxylation is 1. The molecule has 0 saturated heterocycles. The molecule has 0 heterocycles. The van der Waals surface area contributed by atoms with Crippen LogP contribution in [0.4, 0.5) is 0 Å². The van der Waals surface area contributed by atoms with Crippen molar-refractivity contribution in [3.63, 3.8) is 0 Å². The van der Waals surface area contributed by atoms with Gasteiger partial charge in [0.15, 0.2) is 0 Å². The van der Waals surface area contributed by atoms with E-state index in [1.807, 2.05) is 0 Å². The van der Waals surface area contributed by atoms with Crippen LogP contribution in [0.1, 0.15) is 63.0 Å². The fourth-order valence-corrected chi connectivity index (χ4v) is 3.81. The van der Waals surface area contributed by atoms with Crippen LogP contribution < -0.4 is 9.47 Å². The fourth-order valence-electron chi connectivity index (χ4n) is 3.81. The number of unbranched alkanes of at least 4 members (excludes halogenated alkanes) is 2. The molecule has 4 nitrogen and oxygen atoms in total. The predicted octanol–water partition coefficient (Wildman–Crippen LogP) is 5.05. The van der Waals surface area contributed by atoms with Crippen molar-refractivity contribution in [1.29, 1.82) is 0 Å². The lowest BCUT2D eigenvalue weighted by Gasteiger charge is -2.30. The van der Waals surface area contributed by atoms with Gasteiger partial charge in [0.05, 0.1) is 27.2 Å². The molecule has 0 bridgehead atoms. The van der Waals surface area contributed by atoms with Gasteiger partial charge in [-0.3, -0.25) is 4.79 Å². The Morgan fingerprint density at radius 1 is 1.12 bits per heavy atom. The highest BCUT2D eigenvalue weighted by Crippen LogP contribution is 2.45. The van der Waals surface area contributed by atoms with Gasteiger partial charge in [-0.05, 0) is 50.3 Å². The molecule has 0 aliphatic heterocycles. The number of hydrogen-bond donors (Lipinski definition) is 0. The molecule has 1 aliphatic rings. The first-order valence-corrected chi connectivity index (χ1v) is 9.55. The summed E-state index contributed by atoms with van der Waals surface area (Å²) < 4.78 is 16.5. The second-order valence-electron chi connectivity index (χ2n) is 7.08. The van der Waals surface area contributed by atoms with E-state index in [1.54, 1.807) is 14.2 Å². The van der Waals surface area contributed by atoms with Crippen LogP contribution in [0, 0.1) is 5.92 Å². The number of carbonyl (C=O) groups excluding carboxylic acids is 1.